The average molecular weight is 360 g/mol. The number of nitrogens with two attached hydrogens (primary N) is 1. The minimum Gasteiger partial charge on any atom is -0.409 e. The van der Waals surface area contributed by atoms with E-state index in [1.54, 1.807) is 16.9 Å². The maximum Gasteiger partial charge on any atom is 0.170 e. The fourth-order valence-electron chi connectivity index (χ4n) is 1.56. The van der Waals surface area contributed by atoms with Crippen LogP contribution in [0.15, 0.2) is 35.7 Å². The van der Waals surface area contributed by atoms with Crippen LogP contribution in [0.25, 0.3) is 0 Å². The van der Waals surface area contributed by atoms with Crippen LogP contribution in [0.2, 0.25) is 0 Å². The van der Waals surface area contributed by atoms with Gasteiger partial charge in [-0.3, -0.25) is 4.68 Å². The number of hydrogen-bond donors (Lipinski definition) is 2. The average Bonchev–Trinajstić information content (AvgIpc) is 2.73. The van der Waals surface area contributed by atoms with E-state index in [0.717, 1.165) is 3.57 Å². The van der Waals surface area contributed by atoms with Crippen LogP contribution in [0.1, 0.15) is 11.1 Å². The Kier molecular flexibility index (Phi) is 3.80. The second-order valence-corrected chi connectivity index (χ2v) is 4.94. The van der Waals surface area contributed by atoms with E-state index in [1.807, 2.05) is 6.20 Å². The van der Waals surface area contributed by atoms with Crippen LogP contribution in [0.5, 0.6) is 0 Å². The van der Waals surface area contributed by atoms with Gasteiger partial charge in [-0.05, 0) is 46.4 Å². The van der Waals surface area contributed by atoms with Crippen molar-refractivity contribution in [3.05, 3.63) is 51.1 Å². The van der Waals surface area contributed by atoms with Gasteiger partial charge in [0.25, 0.3) is 0 Å². The molecular weight excluding hydrogens is 350 g/mol. The quantitative estimate of drug-likeness (QED) is 0.288. The highest BCUT2D eigenvalue weighted by Gasteiger charge is 2.06. The summed E-state index contributed by atoms with van der Waals surface area (Å²) in [5.74, 6) is -0.554. The van der Waals surface area contributed by atoms with Crippen molar-refractivity contribution in [3.63, 3.8) is 0 Å². The lowest BCUT2D eigenvalue weighted by atomic mass is 10.1. The van der Waals surface area contributed by atoms with Crippen LogP contribution in [-0.4, -0.2) is 20.8 Å². The molecule has 0 radical (unpaired) electrons. The van der Waals surface area contributed by atoms with Gasteiger partial charge < -0.3 is 10.9 Å². The molecule has 0 bridgehead atoms. The molecule has 2 rings (SSSR count). The highest BCUT2D eigenvalue weighted by Crippen LogP contribution is 2.11. The van der Waals surface area contributed by atoms with Gasteiger partial charge in [-0.1, -0.05) is 5.16 Å². The van der Waals surface area contributed by atoms with Crippen LogP contribution < -0.4 is 5.73 Å². The van der Waals surface area contributed by atoms with E-state index in [4.69, 9.17) is 10.9 Å². The van der Waals surface area contributed by atoms with Gasteiger partial charge in [-0.2, -0.15) is 5.10 Å². The van der Waals surface area contributed by atoms with Crippen LogP contribution in [0.4, 0.5) is 4.39 Å². The molecule has 1 heterocycles. The van der Waals surface area contributed by atoms with Crippen molar-refractivity contribution in [2.75, 3.05) is 0 Å². The standard InChI is InChI=1S/C11H10FIN4O/c12-9-2-7(1-8(3-9)11(14)16-18)5-17-6-10(13)4-15-17/h1-4,6,18H,5H2,(H2,14,16). The summed E-state index contributed by atoms with van der Waals surface area (Å²) in [5.41, 5.74) is 6.47. The molecule has 0 spiro atoms. The zero-order valence-corrected chi connectivity index (χ0v) is 11.4. The molecule has 0 saturated heterocycles. The Morgan fingerprint density at radius 2 is 2.28 bits per heavy atom. The molecule has 18 heavy (non-hydrogen) atoms. The van der Waals surface area contributed by atoms with Gasteiger partial charge in [-0.15, -0.1) is 0 Å². The van der Waals surface area contributed by atoms with E-state index in [0.29, 0.717) is 17.7 Å². The molecular formula is C11H10FIN4O. The van der Waals surface area contributed by atoms with Crippen molar-refractivity contribution in [2.24, 2.45) is 10.9 Å². The number of aromatic nitrogens is 2. The van der Waals surface area contributed by atoms with Crippen LogP contribution in [0, 0.1) is 9.39 Å². The first-order valence-electron chi connectivity index (χ1n) is 5.04. The fourth-order valence-corrected chi connectivity index (χ4v) is 2.01. The minimum absolute atomic E-state index is 0.120. The third kappa shape index (κ3) is 2.97. The van der Waals surface area contributed by atoms with Crippen LogP contribution >= 0.6 is 22.6 Å². The smallest absolute Gasteiger partial charge is 0.170 e. The number of amidine groups is 1. The van der Waals surface area contributed by atoms with E-state index in [9.17, 15) is 4.39 Å². The number of oxime groups is 1. The third-order valence-electron chi connectivity index (χ3n) is 2.31. The van der Waals surface area contributed by atoms with E-state index in [-0.39, 0.29) is 5.84 Å². The molecule has 5 nitrogen and oxygen atoms in total. The van der Waals surface area contributed by atoms with E-state index >= 15 is 0 Å². The van der Waals surface area contributed by atoms with Crippen molar-refractivity contribution >= 4 is 28.4 Å². The van der Waals surface area contributed by atoms with Gasteiger partial charge >= 0.3 is 0 Å². The molecule has 0 saturated carbocycles. The van der Waals surface area contributed by atoms with Crippen molar-refractivity contribution in [3.8, 4) is 0 Å². The molecule has 3 N–H and O–H groups in total. The topological polar surface area (TPSA) is 76.4 Å². The monoisotopic (exact) mass is 360 g/mol. The summed E-state index contributed by atoms with van der Waals surface area (Å²) in [7, 11) is 0. The highest BCUT2D eigenvalue weighted by molar-refractivity contribution is 14.1. The molecule has 1 aromatic heterocycles. The lowest BCUT2D eigenvalue weighted by molar-refractivity contribution is 0.318. The van der Waals surface area contributed by atoms with E-state index in [1.165, 1.54) is 12.1 Å². The Morgan fingerprint density at radius 3 is 2.89 bits per heavy atom. The van der Waals surface area contributed by atoms with Gasteiger partial charge in [0.15, 0.2) is 5.84 Å². The molecule has 0 atom stereocenters. The van der Waals surface area contributed by atoms with E-state index < -0.39 is 5.82 Å². The van der Waals surface area contributed by atoms with Gasteiger partial charge in [-0.25, -0.2) is 4.39 Å². The number of halogens is 2. The number of hydrogen-bond acceptors (Lipinski definition) is 3. The summed E-state index contributed by atoms with van der Waals surface area (Å²) in [6.45, 7) is 0.423. The van der Waals surface area contributed by atoms with Gasteiger partial charge in [0, 0.05) is 11.8 Å². The Hall–Kier alpha value is -1.64. The maximum absolute atomic E-state index is 13.4. The van der Waals surface area contributed by atoms with Gasteiger partial charge in [0.2, 0.25) is 0 Å². The molecule has 0 aliphatic rings. The fraction of sp³-hybridized carbons (Fsp3) is 0.0909. The summed E-state index contributed by atoms with van der Waals surface area (Å²) in [5, 5.41) is 15.6. The van der Waals surface area contributed by atoms with Crippen molar-refractivity contribution in [1.29, 1.82) is 0 Å². The van der Waals surface area contributed by atoms with Crippen LogP contribution in [0.3, 0.4) is 0 Å². The first-order chi connectivity index (χ1) is 8.58. The summed E-state index contributed by atoms with van der Waals surface area (Å²) >= 11 is 2.14. The maximum atomic E-state index is 13.4. The predicted molar refractivity (Wildman–Crippen MR) is 73.0 cm³/mol. The molecule has 1 aromatic carbocycles. The van der Waals surface area contributed by atoms with E-state index in [2.05, 4.69) is 32.8 Å². The highest BCUT2D eigenvalue weighted by atomic mass is 127. The SMILES string of the molecule is N/C(=N/O)c1cc(F)cc(Cn2cc(I)cn2)c1. The van der Waals surface area contributed by atoms with Crippen molar-refractivity contribution < 1.29 is 9.60 Å². The number of benzene rings is 1. The Morgan fingerprint density at radius 1 is 1.50 bits per heavy atom. The first kappa shape index (κ1) is 12.8. The summed E-state index contributed by atoms with van der Waals surface area (Å²) in [6.07, 6.45) is 3.55. The number of rotatable bonds is 3. The molecule has 0 aliphatic carbocycles. The van der Waals surface area contributed by atoms with Gasteiger partial charge in [0.1, 0.15) is 5.82 Å². The summed E-state index contributed by atoms with van der Waals surface area (Å²) in [4.78, 5) is 0. The molecule has 2 aromatic rings. The molecule has 0 amide bonds. The second kappa shape index (κ2) is 5.34. The summed E-state index contributed by atoms with van der Waals surface area (Å²) in [6, 6.07) is 4.26. The van der Waals surface area contributed by atoms with Crippen molar-refractivity contribution in [2.45, 2.75) is 6.54 Å². The normalized spacial score (nSPS) is 11.8. The molecule has 7 heteroatoms. The zero-order chi connectivity index (χ0) is 13.1. The third-order valence-corrected chi connectivity index (χ3v) is 2.86. The van der Waals surface area contributed by atoms with Crippen molar-refractivity contribution in [1.82, 2.24) is 9.78 Å². The summed E-state index contributed by atoms with van der Waals surface area (Å²) < 4.78 is 16.1. The Labute approximate surface area is 116 Å². The largest absolute Gasteiger partial charge is 0.409 e. The lowest BCUT2D eigenvalue weighted by Gasteiger charge is -2.05. The van der Waals surface area contributed by atoms with Crippen LogP contribution in [-0.2, 0) is 6.54 Å². The lowest BCUT2D eigenvalue weighted by Crippen LogP contribution is -2.14. The minimum atomic E-state index is -0.434. The first-order valence-corrected chi connectivity index (χ1v) is 6.11. The molecule has 0 unspecified atom stereocenters. The predicted octanol–water partition coefficient (Wildman–Crippen LogP) is 1.77. The molecule has 0 fully saturated rings. The Bertz CT molecular complexity index is 596. The molecule has 0 aliphatic heterocycles. The van der Waals surface area contributed by atoms with Gasteiger partial charge in [0.05, 0.1) is 16.3 Å². The molecule has 94 valence electrons. The second-order valence-electron chi connectivity index (χ2n) is 3.69. The number of nitrogens with zero attached hydrogens (tertiary/aromatic N) is 3. The zero-order valence-electron chi connectivity index (χ0n) is 9.22. The Balaban J connectivity index is 2.31.